The van der Waals surface area contributed by atoms with Gasteiger partial charge >= 0.3 is 0 Å². The Morgan fingerprint density at radius 3 is 2.29 bits per heavy atom. The average Bonchev–Trinajstić information content (AvgIpc) is 2.59. The van der Waals surface area contributed by atoms with Gasteiger partial charge in [0.05, 0.1) is 12.2 Å². The lowest BCUT2D eigenvalue weighted by Crippen LogP contribution is -2.15. The Morgan fingerprint density at radius 1 is 1.04 bits per heavy atom. The average molecular weight is 344 g/mol. The molecule has 0 aliphatic heterocycles. The molecule has 0 aromatic heterocycles. The number of benzene rings is 1. The molecule has 0 atom stereocenters. The first-order valence-electron chi connectivity index (χ1n) is 8.65. The van der Waals surface area contributed by atoms with E-state index in [9.17, 15) is 17.6 Å². The van der Waals surface area contributed by atoms with E-state index in [1.165, 1.54) is 0 Å². The van der Waals surface area contributed by atoms with Gasteiger partial charge in [-0.3, -0.25) is 0 Å². The highest BCUT2D eigenvalue weighted by atomic mass is 19.2. The van der Waals surface area contributed by atoms with Crippen LogP contribution in [-0.2, 0) is 0 Å². The van der Waals surface area contributed by atoms with Gasteiger partial charge in [-0.25, -0.2) is 13.2 Å². The number of rotatable bonds is 6. The molecule has 1 aromatic carbocycles. The summed E-state index contributed by atoms with van der Waals surface area (Å²) >= 11 is 0. The van der Waals surface area contributed by atoms with Gasteiger partial charge in [-0.2, -0.15) is 4.39 Å². The third-order valence-corrected chi connectivity index (χ3v) is 4.69. The van der Waals surface area contributed by atoms with Gasteiger partial charge in [-0.1, -0.05) is 19.8 Å². The molecule has 1 nitrogen and oxygen atoms in total. The molecule has 0 saturated heterocycles. The molecule has 0 spiro atoms. The Morgan fingerprint density at radius 2 is 1.71 bits per heavy atom. The first kappa shape index (κ1) is 18.8. The molecule has 5 heteroatoms. The van der Waals surface area contributed by atoms with Crippen LogP contribution in [0.5, 0.6) is 5.75 Å². The number of hydrogen-bond acceptors (Lipinski definition) is 1. The Labute approximate surface area is 140 Å². The van der Waals surface area contributed by atoms with Crippen molar-refractivity contribution in [1.82, 2.24) is 0 Å². The zero-order chi connectivity index (χ0) is 17.7. The lowest BCUT2D eigenvalue weighted by atomic mass is 9.79. The van der Waals surface area contributed by atoms with Gasteiger partial charge in [0.1, 0.15) is 5.83 Å². The van der Waals surface area contributed by atoms with Gasteiger partial charge in [0, 0.05) is 5.92 Å². The van der Waals surface area contributed by atoms with Crippen LogP contribution in [-0.4, -0.2) is 6.61 Å². The molecule has 1 fully saturated rings. The van der Waals surface area contributed by atoms with E-state index in [4.69, 9.17) is 4.74 Å². The number of ether oxygens (including phenoxy) is 1. The van der Waals surface area contributed by atoms with E-state index in [0.717, 1.165) is 37.8 Å². The highest BCUT2D eigenvalue weighted by molar-refractivity contribution is 5.63. The van der Waals surface area contributed by atoms with Crippen molar-refractivity contribution in [2.24, 2.45) is 11.8 Å². The second kappa shape index (κ2) is 8.54. The molecule has 1 aliphatic rings. The summed E-state index contributed by atoms with van der Waals surface area (Å²) in [6.07, 6.45) is 4.96. The largest absolute Gasteiger partial charge is 0.491 e. The maximum atomic E-state index is 14.4. The van der Waals surface area contributed by atoms with Crippen molar-refractivity contribution in [3.05, 3.63) is 35.2 Å². The highest BCUT2D eigenvalue weighted by Crippen LogP contribution is 2.40. The van der Waals surface area contributed by atoms with Crippen LogP contribution < -0.4 is 4.74 Å². The lowest BCUT2D eigenvalue weighted by Gasteiger charge is -2.27. The van der Waals surface area contributed by atoms with Crippen LogP contribution in [0.25, 0.3) is 5.83 Å². The van der Waals surface area contributed by atoms with Crippen LogP contribution in [0.1, 0.15) is 57.9 Å². The predicted octanol–water partition coefficient (Wildman–Crippen LogP) is 6.58. The van der Waals surface area contributed by atoms with Crippen LogP contribution >= 0.6 is 0 Å². The summed E-state index contributed by atoms with van der Waals surface area (Å²) in [5.41, 5.74) is -0.677. The lowest BCUT2D eigenvalue weighted by molar-refractivity contribution is 0.261. The molecule has 0 unspecified atom stereocenters. The highest BCUT2D eigenvalue weighted by Gasteiger charge is 2.28. The molecule has 134 valence electrons. The van der Waals surface area contributed by atoms with Gasteiger partial charge in [-0.15, -0.1) is 0 Å². The van der Waals surface area contributed by atoms with E-state index in [1.807, 2.05) is 0 Å². The van der Waals surface area contributed by atoms with E-state index in [-0.39, 0.29) is 12.4 Å². The standard InChI is InChI=1S/C19H24F4O/c1-3-5-12-6-8-13(9-7-12)16(20)17(21)14-10-11-15(24-4-2)19(23)18(14)22/h10-13H,3-9H2,1-2H3/b17-16-. The van der Waals surface area contributed by atoms with Gasteiger partial charge in [-0.05, 0) is 50.7 Å². The Hall–Kier alpha value is -1.52. The quantitative estimate of drug-likeness (QED) is 0.530. The Balaban J connectivity index is 2.19. The van der Waals surface area contributed by atoms with E-state index in [0.29, 0.717) is 18.8 Å². The van der Waals surface area contributed by atoms with Crippen molar-refractivity contribution in [2.45, 2.75) is 52.4 Å². The van der Waals surface area contributed by atoms with E-state index < -0.39 is 34.8 Å². The molecule has 24 heavy (non-hydrogen) atoms. The number of hydrogen-bond donors (Lipinski definition) is 0. The Kier molecular flexibility index (Phi) is 6.69. The summed E-state index contributed by atoms with van der Waals surface area (Å²) in [5.74, 6) is -5.25. The third-order valence-electron chi connectivity index (χ3n) is 4.69. The minimum absolute atomic E-state index is 0.156. The first-order valence-corrected chi connectivity index (χ1v) is 8.65. The summed E-state index contributed by atoms with van der Waals surface area (Å²) < 4.78 is 61.6. The van der Waals surface area contributed by atoms with Crippen LogP contribution in [0.2, 0.25) is 0 Å². The van der Waals surface area contributed by atoms with Gasteiger partial charge in [0.2, 0.25) is 5.82 Å². The van der Waals surface area contributed by atoms with Crippen molar-refractivity contribution < 1.29 is 22.3 Å². The summed E-state index contributed by atoms with van der Waals surface area (Å²) in [4.78, 5) is 0. The minimum Gasteiger partial charge on any atom is -0.491 e. The van der Waals surface area contributed by atoms with Crippen molar-refractivity contribution >= 4 is 5.83 Å². The fourth-order valence-electron chi connectivity index (χ4n) is 3.39. The summed E-state index contributed by atoms with van der Waals surface area (Å²) in [7, 11) is 0. The molecule has 2 rings (SSSR count). The van der Waals surface area contributed by atoms with Crippen LogP contribution in [0.15, 0.2) is 18.0 Å². The normalized spacial score (nSPS) is 22.2. The van der Waals surface area contributed by atoms with Gasteiger partial charge in [0.15, 0.2) is 17.4 Å². The monoisotopic (exact) mass is 344 g/mol. The first-order chi connectivity index (χ1) is 11.5. The third kappa shape index (κ3) is 4.11. The van der Waals surface area contributed by atoms with E-state index in [1.54, 1.807) is 6.92 Å². The fourth-order valence-corrected chi connectivity index (χ4v) is 3.39. The van der Waals surface area contributed by atoms with Crippen molar-refractivity contribution in [3.63, 3.8) is 0 Å². The maximum absolute atomic E-state index is 14.4. The van der Waals surface area contributed by atoms with Crippen LogP contribution in [0, 0.1) is 23.5 Å². The van der Waals surface area contributed by atoms with Crippen LogP contribution in [0.3, 0.4) is 0 Å². The smallest absolute Gasteiger partial charge is 0.201 e. The summed E-state index contributed by atoms with van der Waals surface area (Å²) in [5, 5.41) is 0. The molecule has 0 radical (unpaired) electrons. The molecule has 0 N–H and O–H groups in total. The molecule has 0 bridgehead atoms. The Bertz CT molecular complexity index is 589. The van der Waals surface area contributed by atoms with Gasteiger partial charge in [0.25, 0.3) is 0 Å². The number of halogens is 4. The summed E-state index contributed by atoms with van der Waals surface area (Å²) in [6, 6.07) is 2.16. The molecule has 0 amide bonds. The zero-order valence-electron chi connectivity index (χ0n) is 14.2. The molecule has 1 aromatic rings. The number of allylic oxidation sites excluding steroid dienone is 1. The molecular formula is C19H24F4O. The molecule has 1 aliphatic carbocycles. The molecular weight excluding hydrogens is 320 g/mol. The van der Waals surface area contributed by atoms with E-state index >= 15 is 0 Å². The predicted molar refractivity (Wildman–Crippen MR) is 87.0 cm³/mol. The zero-order valence-corrected chi connectivity index (χ0v) is 14.2. The van der Waals surface area contributed by atoms with Crippen molar-refractivity contribution in [2.75, 3.05) is 6.61 Å². The molecule has 1 saturated carbocycles. The second-order valence-corrected chi connectivity index (χ2v) is 6.34. The maximum Gasteiger partial charge on any atom is 0.201 e. The minimum atomic E-state index is -1.41. The van der Waals surface area contributed by atoms with Gasteiger partial charge < -0.3 is 4.74 Å². The fraction of sp³-hybridized carbons (Fsp3) is 0.579. The SMILES string of the molecule is CCCC1CCC(/C(F)=C(/F)c2ccc(OCC)c(F)c2F)CC1. The van der Waals surface area contributed by atoms with Crippen molar-refractivity contribution in [1.29, 1.82) is 0 Å². The van der Waals surface area contributed by atoms with E-state index in [2.05, 4.69) is 6.92 Å². The topological polar surface area (TPSA) is 9.23 Å². The van der Waals surface area contributed by atoms with Crippen LogP contribution in [0.4, 0.5) is 17.6 Å². The summed E-state index contributed by atoms with van der Waals surface area (Å²) in [6.45, 7) is 3.89. The van der Waals surface area contributed by atoms with Crippen molar-refractivity contribution in [3.8, 4) is 5.75 Å². The molecule has 0 heterocycles. The second-order valence-electron chi connectivity index (χ2n) is 6.34.